The van der Waals surface area contributed by atoms with E-state index in [4.69, 9.17) is 0 Å². The van der Waals surface area contributed by atoms with Crippen LogP contribution in [0.15, 0.2) is 27.6 Å². The lowest BCUT2D eigenvalue weighted by molar-refractivity contribution is 0.635. The van der Waals surface area contributed by atoms with Crippen molar-refractivity contribution in [3.8, 4) is 0 Å². The van der Waals surface area contributed by atoms with Crippen LogP contribution in [-0.4, -0.2) is 6.54 Å². The van der Waals surface area contributed by atoms with E-state index < -0.39 is 0 Å². The highest BCUT2D eigenvalue weighted by Gasteiger charge is 2.03. The first-order valence-corrected chi connectivity index (χ1v) is 7.63. The Hall–Kier alpha value is -0.120. The van der Waals surface area contributed by atoms with Crippen molar-refractivity contribution >= 4 is 27.3 Å². The van der Waals surface area contributed by atoms with Crippen molar-refractivity contribution in [3.05, 3.63) is 32.4 Å². The Morgan fingerprint density at radius 1 is 1.38 bits per heavy atom. The molecule has 1 N–H and O–H groups in total. The van der Waals surface area contributed by atoms with E-state index in [0.29, 0.717) is 0 Å². The molecule has 2 rings (SSSR count). The zero-order valence-electron chi connectivity index (χ0n) is 9.47. The van der Waals surface area contributed by atoms with E-state index in [1.807, 2.05) is 11.3 Å². The maximum Gasteiger partial charge on any atom is 0.0300 e. The number of rotatable bonds is 5. The summed E-state index contributed by atoms with van der Waals surface area (Å²) in [6.07, 6.45) is 9.07. The molecule has 3 heteroatoms. The van der Waals surface area contributed by atoms with E-state index >= 15 is 0 Å². The van der Waals surface area contributed by atoms with Crippen LogP contribution in [0, 0.1) is 0 Å². The van der Waals surface area contributed by atoms with Crippen molar-refractivity contribution in [1.82, 2.24) is 5.32 Å². The zero-order valence-corrected chi connectivity index (χ0v) is 11.9. The van der Waals surface area contributed by atoms with E-state index in [1.165, 1.54) is 41.5 Å². The number of nitrogens with one attached hydrogen (secondary N) is 1. The molecule has 0 atom stereocenters. The highest BCUT2D eigenvalue weighted by molar-refractivity contribution is 9.10. The van der Waals surface area contributed by atoms with Crippen molar-refractivity contribution in [2.45, 2.75) is 38.6 Å². The predicted octanol–water partition coefficient (Wildman–Crippen LogP) is 4.49. The highest BCUT2D eigenvalue weighted by atomic mass is 79.9. The Bertz CT molecular complexity index is 357. The first-order chi connectivity index (χ1) is 7.84. The molecular formula is C13H18BrNS. The average Bonchev–Trinajstić information content (AvgIpc) is 2.72. The molecule has 1 aromatic rings. The molecule has 1 aliphatic rings. The Morgan fingerprint density at radius 2 is 2.31 bits per heavy atom. The maximum atomic E-state index is 3.51. The largest absolute Gasteiger partial charge is 0.312 e. The van der Waals surface area contributed by atoms with Gasteiger partial charge in [-0.25, -0.2) is 0 Å². The van der Waals surface area contributed by atoms with Gasteiger partial charge in [-0.2, -0.15) is 0 Å². The molecule has 0 aromatic carbocycles. The van der Waals surface area contributed by atoms with E-state index in [1.54, 1.807) is 5.57 Å². The van der Waals surface area contributed by atoms with Crippen LogP contribution in [0.3, 0.4) is 0 Å². The second-order valence-electron chi connectivity index (χ2n) is 4.27. The molecule has 0 bridgehead atoms. The lowest BCUT2D eigenvalue weighted by Crippen LogP contribution is -2.14. The molecule has 1 aromatic heterocycles. The van der Waals surface area contributed by atoms with Gasteiger partial charge in [0.25, 0.3) is 0 Å². The molecule has 0 saturated heterocycles. The van der Waals surface area contributed by atoms with Gasteiger partial charge >= 0.3 is 0 Å². The van der Waals surface area contributed by atoms with Gasteiger partial charge in [-0.3, -0.25) is 0 Å². The molecule has 0 spiro atoms. The van der Waals surface area contributed by atoms with Gasteiger partial charge < -0.3 is 5.32 Å². The summed E-state index contributed by atoms with van der Waals surface area (Å²) in [6, 6.07) is 2.19. The van der Waals surface area contributed by atoms with Gasteiger partial charge in [-0.15, -0.1) is 11.3 Å². The second kappa shape index (κ2) is 6.58. The van der Waals surface area contributed by atoms with Gasteiger partial charge in [0.2, 0.25) is 0 Å². The third-order valence-electron chi connectivity index (χ3n) is 2.93. The summed E-state index contributed by atoms with van der Waals surface area (Å²) in [5, 5.41) is 5.65. The summed E-state index contributed by atoms with van der Waals surface area (Å²) in [5.74, 6) is 0. The summed E-state index contributed by atoms with van der Waals surface area (Å²) in [4.78, 5) is 1.41. The van der Waals surface area contributed by atoms with Crippen molar-refractivity contribution in [3.63, 3.8) is 0 Å². The van der Waals surface area contributed by atoms with Crippen molar-refractivity contribution in [2.24, 2.45) is 0 Å². The fourth-order valence-electron chi connectivity index (χ4n) is 2.04. The fourth-order valence-corrected chi connectivity index (χ4v) is 3.46. The summed E-state index contributed by atoms with van der Waals surface area (Å²) < 4.78 is 1.20. The van der Waals surface area contributed by atoms with Crippen LogP contribution in [0.25, 0.3) is 0 Å². The minimum absolute atomic E-state index is 1.00. The second-order valence-corrected chi connectivity index (χ2v) is 6.18. The van der Waals surface area contributed by atoms with Crippen molar-refractivity contribution < 1.29 is 0 Å². The number of thiophene rings is 1. The smallest absolute Gasteiger partial charge is 0.0300 e. The molecule has 1 aliphatic carbocycles. The maximum absolute atomic E-state index is 3.51. The van der Waals surface area contributed by atoms with Gasteiger partial charge in [-0.1, -0.05) is 11.6 Å². The van der Waals surface area contributed by atoms with Gasteiger partial charge in [0, 0.05) is 21.3 Å². The van der Waals surface area contributed by atoms with E-state index in [0.717, 1.165) is 13.1 Å². The Kier molecular flexibility index (Phi) is 5.07. The number of hydrogen-bond donors (Lipinski definition) is 1. The van der Waals surface area contributed by atoms with E-state index in [-0.39, 0.29) is 0 Å². The Labute approximate surface area is 110 Å². The molecule has 0 saturated carbocycles. The van der Waals surface area contributed by atoms with E-state index in [2.05, 4.69) is 38.8 Å². The lowest BCUT2D eigenvalue weighted by atomic mass is 9.97. The first-order valence-electron chi connectivity index (χ1n) is 5.96. The minimum atomic E-state index is 1.00. The standard InChI is InChI=1S/C13H18BrNS/c14-12-8-13(16-10-12)9-15-7-6-11-4-2-1-3-5-11/h4,8,10,15H,1-3,5-7,9H2. The normalized spacial score (nSPS) is 16.2. The topological polar surface area (TPSA) is 12.0 Å². The average molecular weight is 300 g/mol. The molecule has 88 valence electrons. The molecule has 0 aliphatic heterocycles. The summed E-state index contributed by atoms with van der Waals surface area (Å²) in [5.41, 5.74) is 1.66. The predicted molar refractivity (Wildman–Crippen MR) is 74.9 cm³/mol. The molecule has 0 amide bonds. The third kappa shape index (κ3) is 4.04. The van der Waals surface area contributed by atoms with Crippen LogP contribution in [0.5, 0.6) is 0 Å². The van der Waals surface area contributed by atoms with E-state index in [9.17, 15) is 0 Å². The number of halogens is 1. The summed E-state index contributed by atoms with van der Waals surface area (Å²) in [7, 11) is 0. The van der Waals surface area contributed by atoms with Crippen LogP contribution in [0.1, 0.15) is 37.0 Å². The van der Waals surface area contributed by atoms with Gasteiger partial charge in [-0.05, 0) is 60.6 Å². The van der Waals surface area contributed by atoms with Crippen molar-refractivity contribution in [2.75, 3.05) is 6.54 Å². The monoisotopic (exact) mass is 299 g/mol. The fraction of sp³-hybridized carbons (Fsp3) is 0.538. The molecule has 0 unspecified atom stereocenters. The molecule has 1 nitrogen and oxygen atoms in total. The molecule has 16 heavy (non-hydrogen) atoms. The van der Waals surface area contributed by atoms with Gasteiger partial charge in [0.05, 0.1) is 0 Å². The molecular weight excluding hydrogens is 282 g/mol. The molecule has 0 radical (unpaired) electrons. The van der Waals surface area contributed by atoms with Crippen LogP contribution >= 0.6 is 27.3 Å². The van der Waals surface area contributed by atoms with Crippen molar-refractivity contribution in [1.29, 1.82) is 0 Å². The quantitative estimate of drug-likeness (QED) is 0.624. The zero-order chi connectivity index (χ0) is 11.2. The molecule has 1 heterocycles. The Morgan fingerprint density at radius 3 is 3.00 bits per heavy atom. The minimum Gasteiger partial charge on any atom is -0.312 e. The lowest BCUT2D eigenvalue weighted by Gasteiger charge is -2.12. The van der Waals surface area contributed by atoms with Crippen LogP contribution in [0.4, 0.5) is 0 Å². The number of hydrogen-bond acceptors (Lipinski definition) is 2. The van der Waals surface area contributed by atoms with Gasteiger partial charge in [0.1, 0.15) is 0 Å². The third-order valence-corrected chi connectivity index (χ3v) is 4.63. The number of allylic oxidation sites excluding steroid dienone is 1. The van der Waals surface area contributed by atoms with Gasteiger partial charge in [0.15, 0.2) is 0 Å². The Balaban J connectivity index is 1.63. The van der Waals surface area contributed by atoms with Crippen LogP contribution in [0.2, 0.25) is 0 Å². The first kappa shape index (κ1) is 12.3. The SMILES string of the molecule is Brc1csc(CNCCC2=CCCCC2)c1. The molecule has 0 fully saturated rings. The summed E-state index contributed by atoms with van der Waals surface area (Å²) in [6.45, 7) is 2.12. The van der Waals surface area contributed by atoms with Crippen LogP contribution < -0.4 is 5.32 Å². The van der Waals surface area contributed by atoms with Crippen LogP contribution in [-0.2, 0) is 6.54 Å². The highest BCUT2D eigenvalue weighted by Crippen LogP contribution is 2.20. The summed E-state index contributed by atoms with van der Waals surface area (Å²) >= 11 is 5.29.